The molecule has 1 heterocycles. The summed E-state index contributed by atoms with van der Waals surface area (Å²) in [5.74, 6) is 0.285. The molecule has 0 spiro atoms. The van der Waals surface area contributed by atoms with Gasteiger partial charge in [-0.05, 0) is 58.4 Å². The number of Topliss-reactive ketones (excluding diaryl/α,β-unsaturated/α-hetero) is 1. The highest BCUT2D eigenvalue weighted by molar-refractivity contribution is 9.10. The first-order valence-electron chi connectivity index (χ1n) is 8.78. The van der Waals surface area contributed by atoms with Crippen molar-refractivity contribution < 1.29 is 23.9 Å². The Hall–Kier alpha value is -2.58. The molecule has 150 valence electrons. The van der Waals surface area contributed by atoms with Gasteiger partial charge in [0.2, 0.25) is 0 Å². The number of hydrogen-bond donors (Lipinski definition) is 0. The predicted molar refractivity (Wildman–Crippen MR) is 115 cm³/mol. The van der Waals surface area contributed by atoms with E-state index in [0.717, 1.165) is 16.7 Å². The zero-order chi connectivity index (χ0) is 21.0. The highest BCUT2D eigenvalue weighted by atomic mass is 79.9. The Balaban J connectivity index is 1.83. The van der Waals surface area contributed by atoms with Crippen LogP contribution in [0.15, 0.2) is 51.8 Å². The third-order valence-corrected chi connectivity index (χ3v) is 5.61. The quantitative estimate of drug-likeness (QED) is 0.423. The number of imide groups is 1. The van der Waals surface area contributed by atoms with E-state index >= 15 is 0 Å². The summed E-state index contributed by atoms with van der Waals surface area (Å²) in [6, 6.07) is 12.1. The second-order valence-corrected chi connectivity index (χ2v) is 7.87. The molecular weight excluding hydrogens is 458 g/mol. The third kappa shape index (κ3) is 4.71. The normalized spacial score (nSPS) is 15.1. The summed E-state index contributed by atoms with van der Waals surface area (Å²) in [5, 5.41) is -0.470. The van der Waals surface area contributed by atoms with Crippen LogP contribution in [-0.2, 0) is 4.79 Å². The lowest BCUT2D eigenvalue weighted by molar-refractivity contribution is -0.122. The van der Waals surface area contributed by atoms with Gasteiger partial charge in [0.05, 0.1) is 29.6 Å². The van der Waals surface area contributed by atoms with E-state index < -0.39 is 11.1 Å². The van der Waals surface area contributed by atoms with E-state index in [1.54, 1.807) is 48.5 Å². The average molecular weight is 476 g/mol. The number of nitrogens with zero attached hydrogens (tertiary/aromatic N) is 1. The number of methoxy groups -OCH3 is 1. The van der Waals surface area contributed by atoms with Crippen LogP contribution in [0, 0.1) is 0 Å². The minimum atomic E-state index is -0.492. The number of amides is 2. The Labute approximate surface area is 181 Å². The molecule has 2 aromatic rings. The summed E-state index contributed by atoms with van der Waals surface area (Å²) in [7, 11) is 1.52. The number of hydrogen-bond acceptors (Lipinski definition) is 6. The van der Waals surface area contributed by atoms with Crippen LogP contribution in [-0.4, -0.2) is 42.1 Å². The van der Waals surface area contributed by atoms with Crippen molar-refractivity contribution in [3.05, 3.63) is 63.0 Å². The molecule has 2 aromatic carbocycles. The number of ether oxygens (including phenoxy) is 2. The molecule has 0 saturated carbocycles. The fourth-order valence-corrected chi connectivity index (χ4v) is 4.17. The summed E-state index contributed by atoms with van der Waals surface area (Å²) in [6.07, 6.45) is 1.60. The summed E-state index contributed by atoms with van der Waals surface area (Å²) in [4.78, 5) is 38.6. The molecule has 3 rings (SSSR count). The number of ketones is 1. The molecule has 0 unspecified atom stereocenters. The molecule has 0 bridgehead atoms. The van der Waals surface area contributed by atoms with E-state index in [9.17, 15) is 14.4 Å². The van der Waals surface area contributed by atoms with Crippen molar-refractivity contribution >= 4 is 50.7 Å². The van der Waals surface area contributed by atoms with E-state index in [2.05, 4.69) is 15.9 Å². The molecule has 1 fully saturated rings. The fraction of sp³-hybridized carbons (Fsp3) is 0.190. The lowest BCUT2D eigenvalue weighted by atomic mass is 10.1. The average Bonchev–Trinajstić information content (AvgIpc) is 2.97. The molecule has 2 amide bonds. The van der Waals surface area contributed by atoms with Crippen LogP contribution in [0.3, 0.4) is 0 Å². The second-order valence-electron chi connectivity index (χ2n) is 6.02. The maximum absolute atomic E-state index is 12.7. The van der Waals surface area contributed by atoms with Crippen molar-refractivity contribution in [2.75, 3.05) is 20.3 Å². The van der Waals surface area contributed by atoms with Crippen molar-refractivity contribution in [1.29, 1.82) is 0 Å². The monoisotopic (exact) mass is 475 g/mol. The molecular formula is C21H18BrNO5S. The van der Waals surface area contributed by atoms with Crippen molar-refractivity contribution in [1.82, 2.24) is 4.90 Å². The number of thioether (sulfide) groups is 1. The lowest BCUT2D eigenvalue weighted by Crippen LogP contribution is -2.33. The van der Waals surface area contributed by atoms with Crippen molar-refractivity contribution in [2.24, 2.45) is 0 Å². The third-order valence-electron chi connectivity index (χ3n) is 4.11. The van der Waals surface area contributed by atoms with Gasteiger partial charge in [0, 0.05) is 5.56 Å². The fourth-order valence-electron chi connectivity index (χ4n) is 2.75. The molecule has 0 aromatic heterocycles. The van der Waals surface area contributed by atoms with Gasteiger partial charge in [-0.15, -0.1) is 0 Å². The molecule has 0 N–H and O–H groups in total. The molecule has 1 saturated heterocycles. The van der Waals surface area contributed by atoms with Crippen LogP contribution in [0.2, 0.25) is 0 Å². The van der Waals surface area contributed by atoms with E-state index in [1.807, 2.05) is 6.92 Å². The number of halogens is 1. The second kappa shape index (κ2) is 9.28. The van der Waals surface area contributed by atoms with Crippen LogP contribution >= 0.6 is 27.7 Å². The van der Waals surface area contributed by atoms with Gasteiger partial charge in [-0.2, -0.15) is 0 Å². The minimum absolute atomic E-state index is 0.244. The van der Waals surface area contributed by atoms with Gasteiger partial charge in [-0.25, -0.2) is 0 Å². The zero-order valence-corrected chi connectivity index (χ0v) is 18.2. The van der Waals surface area contributed by atoms with E-state index in [-0.39, 0.29) is 17.2 Å². The summed E-state index contributed by atoms with van der Waals surface area (Å²) < 4.78 is 11.6. The number of carbonyl (C=O) groups is 3. The van der Waals surface area contributed by atoms with Gasteiger partial charge < -0.3 is 9.47 Å². The summed E-state index contributed by atoms with van der Waals surface area (Å²) >= 11 is 4.25. The maximum Gasteiger partial charge on any atom is 0.293 e. The van der Waals surface area contributed by atoms with Gasteiger partial charge in [0.15, 0.2) is 17.3 Å². The Morgan fingerprint density at radius 2 is 1.93 bits per heavy atom. The molecule has 0 aliphatic carbocycles. The van der Waals surface area contributed by atoms with Crippen LogP contribution in [0.25, 0.3) is 6.08 Å². The molecule has 0 radical (unpaired) electrons. The largest absolute Gasteiger partial charge is 0.493 e. The first-order valence-corrected chi connectivity index (χ1v) is 10.4. The minimum Gasteiger partial charge on any atom is -0.493 e. The molecule has 0 atom stereocenters. The van der Waals surface area contributed by atoms with Crippen LogP contribution < -0.4 is 9.47 Å². The van der Waals surface area contributed by atoms with Gasteiger partial charge in [-0.1, -0.05) is 30.3 Å². The van der Waals surface area contributed by atoms with Crippen molar-refractivity contribution in [3.63, 3.8) is 0 Å². The SMILES string of the molecule is CCOc1c(Br)cc(/C=C2/SC(=O)N(CC(=O)c3ccccc3)C2=O)cc1OC. The van der Waals surface area contributed by atoms with Crippen LogP contribution in [0.5, 0.6) is 11.5 Å². The zero-order valence-electron chi connectivity index (χ0n) is 15.8. The Morgan fingerprint density at radius 1 is 1.21 bits per heavy atom. The number of rotatable bonds is 7. The Bertz CT molecular complexity index is 990. The maximum atomic E-state index is 12.7. The topological polar surface area (TPSA) is 72.9 Å². The van der Waals surface area contributed by atoms with Gasteiger partial charge in [-0.3, -0.25) is 19.3 Å². The van der Waals surface area contributed by atoms with E-state index in [0.29, 0.717) is 33.7 Å². The highest BCUT2D eigenvalue weighted by Crippen LogP contribution is 2.39. The first-order chi connectivity index (χ1) is 13.9. The number of benzene rings is 2. The molecule has 29 heavy (non-hydrogen) atoms. The highest BCUT2D eigenvalue weighted by Gasteiger charge is 2.36. The van der Waals surface area contributed by atoms with Crippen molar-refractivity contribution in [2.45, 2.75) is 6.92 Å². The van der Waals surface area contributed by atoms with Crippen molar-refractivity contribution in [3.8, 4) is 11.5 Å². The standard InChI is InChI=1S/C21H18BrNO5S/c1-3-28-19-15(22)9-13(10-17(19)27-2)11-18-20(25)23(21(26)29-18)12-16(24)14-7-5-4-6-8-14/h4-11H,3,12H2,1-2H3/b18-11+. The van der Waals surface area contributed by atoms with Gasteiger partial charge >= 0.3 is 0 Å². The smallest absolute Gasteiger partial charge is 0.293 e. The molecule has 1 aliphatic heterocycles. The molecule has 1 aliphatic rings. The van der Waals surface area contributed by atoms with E-state index in [4.69, 9.17) is 9.47 Å². The summed E-state index contributed by atoms with van der Waals surface area (Å²) in [5.41, 5.74) is 1.12. The Morgan fingerprint density at radius 3 is 2.59 bits per heavy atom. The van der Waals surface area contributed by atoms with E-state index in [1.165, 1.54) is 7.11 Å². The molecule has 8 heteroatoms. The molecule has 6 nitrogen and oxygen atoms in total. The number of carbonyl (C=O) groups excluding carboxylic acids is 3. The first kappa shape index (κ1) is 21.1. The lowest BCUT2D eigenvalue weighted by Gasteiger charge is -2.12. The van der Waals surface area contributed by atoms with Crippen LogP contribution in [0.1, 0.15) is 22.8 Å². The Kier molecular flexibility index (Phi) is 6.76. The van der Waals surface area contributed by atoms with Gasteiger partial charge in [0.1, 0.15) is 0 Å². The van der Waals surface area contributed by atoms with Crippen LogP contribution in [0.4, 0.5) is 4.79 Å². The predicted octanol–water partition coefficient (Wildman–Crippen LogP) is 4.78. The summed E-state index contributed by atoms with van der Waals surface area (Å²) in [6.45, 7) is 2.05. The van der Waals surface area contributed by atoms with Gasteiger partial charge in [0.25, 0.3) is 11.1 Å².